The van der Waals surface area contributed by atoms with Gasteiger partial charge in [-0.1, -0.05) is 24.4 Å². The van der Waals surface area contributed by atoms with Gasteiger partial charge in [0.05, 0.1) is 6.54 Å². The zero-order valence-corrected chi connectivity index (χ0v) is 11.1. The van der Waals surface area contributed by atoms with Crippen LogP contribution in [0.25, 0.3) is 0 Å². The lowest BCUT2D eigenvalue weighted by Gasteiger charge is -2.07. The van der Waals surface area contributed by atoms with Crippen LogP contribution in [0.4, 0.5) is 0 Å². The Bertz CT molecular complexity index is 526. The lowest BCUT2D eigenvalue weighted by molar-refractivity contribution is -0.120. The first-order valence-electron chi connectivity index (χ1n) is 6.03. The molecule has 0 unspecified atom stereocenters. The van der Waals surface area contributed by atoms with Crippen molar-refractivity contribution in [2.45, 2.75) is 18.9 Å². The average molecular weight is 277 g/mol. The summed E-state index contributed by atoms with van der Waals surface area (Å²) in [5.74, 6) is -0.481. The number of carbonyl (C=O) groups excluding carboxylic acids is 2. The number of nitrogens with two attached hydrogens (primary N) is 1. The Morgan fingerprint density at radius 3 is 2.63 bits per heavy atom. The van der Waals surface area contributed by atoms with Gasteiger partial charge in [0.15, 0.2) is 0 Å². The smallest absolute Gasteiger partial charge is 0.251 e. The Hall–Kier alpha value is -1.95. The third kappa shape index (κ3) is 4.03. The van der Waals surface area contributed by atoms with Crippen molar-refractivity contribution in [2.24, 2.45) is 5.73 Å². The molecule has 0 aliphatic heterocycles. The third-order valence-corrected chi connectivity index (χ3v) is 3.00. The minimum atomic E-state index is -0.316. The molecule has 19 heavy (non-hydrogen) atoms. The molecule has 0 bridgehead atoms. The van der Waals surface area contributed by atoms with E-state index in [0.717, 1.165) is 12.8 Å². The number of hydrogen-bond acceptors (Lipinski definition) is 3. The van der Waals surface area contributed by atoms with Gasteiger partial charge in [0.1, 0.15) is 4.99 Å². The van der Waals surface area contributed by atoms with Crippen LogP contribution in [0.2, 0.25) is 0 Å². The Morgan fingerprint density at radius 2 is 2.00 bits per heavy atom. The molecule has 5 nitrogen and oxygen atoms in total. The molecule has 1 aromatic rings. The van der Waals surface area contributed by atoms with E-state index in [4.69, 9.17) is 18.0 Å². The van der Waals surface area contributed by atoms with Gasteiger partial charge in [0.25, 0.3) is 5.91 Å². The average Bonchev–Trinajstić information content (AvgIpc) is 3.20. The quantitative estimate of drug-likeness (QED) is 0.677. The van der Waals surface area contributed by atoms with Crippen LogP contribution in [-0.4, -0.2) is 29.4 Å². The number of benzene rings is 1. The van der Waals surface area contributed by atoms with Crippen molar-refractivity contribution < 1.29 is 9.59 Å². The first-order chi connectivity index (χ1) is 9.06. The zero-order chi connectivity index (χ0) is 13.8. The van der Waals surface area contributed by atoms with Gasteiger partial charge in [-0.15, -0.1) is 0 Å². The second-order valence-corrected chi connectivity index (χ2v) is 4.91. The van der Waals surface area contributed by atoms with Crippen LogP contribution >= 0.6 is 12.2 Å². The van der Waals surface area contributed by atoms with Crippen molar-refractivity contribution in [1.29, 1.82) is 0 Å². The van der Waals surface area contributed by atoms with E-state index >= 15 is 0 Å². The van der Waals surface area contributed by atoms with Crippen molar-refractivity contribution in [1.82, 2.24) is 10.6 Å². The monoisotopic (exact) mass is 277 g/mol. The van der Waals surface area contributed by atoms with Gasteiger partial charge in [0.2, 0.25) is 5.91 Å². The Labute approximate surface area is 116 Å². The van der Waals surface area contributed by atoms with Crippen LogP contribution in [0.1, 0.15) is 28.8 Å². The van der Waals surface area contributed by atoms with Gasteiger partial charge in [-0.2, -0.15) is 0 Å². The van der Waals surface area contributed by atoms with Crippen LogP contribution in [0.5, 0.6) is 0 Å². The standard InChI is InChI=1S/C13H15N3O2S/c14-12(19)8-2-1-3-9(6-8)13(18)15-7-11(17)16-10-4-5-10/h1-3,6,10H,4-5,7H2,(H2,14,19)(H,15,18)(H,16,17). The molecule has 0 radical (unpaired) electrons. The highest BCUT2D eigenvalue weighted by Crippen LogP contribution is 2.18. The predicted octanol–water partition coefficient (Wildman–Crippen LogP) is 0.329. The molecule has 1 aliphatic rings. The minimum Gasteiger partial charge on any atom is -0.389 e. The van der Waals surface area contributed by atoms with Gasteiger partial charge in [-0.05, 0) is 25.0 Å². The van der Waals surface area contributed by atoms with E-state index < -0.39 is 0 Å². The van der Waals surface area contributed by atoms with Gasteiger partial charge < -0.3 is 16.4 Å². The van der Waals surface area contributed by atoms with Gasteiger partial charge in [0, 0.05) is 17.2 Å². The number of nitrogens with one attached hydrogen (secondary N) is 2. The highest BCUT2D eigenvalue weighted by molar-refractivity contribution is 7.80. The number of rotatable bonds is 5. The molecule has 4 N–H and O–H groups in total. The Morgan fingerprint density at radius 1 is 1.32 bits per heavy atom. The number of carbonyl (C=O) groups is 2. The molecule has 2 rings (SSSR count). The largest absolute Gasteiger partial charge is 0.389 e. The van der Waals surface area contributed by atoms with Crippen molar-refractivity contribution in [3.63, 3.8) is 0 Å². The van der Waals surface area contributed by atoms with Crippen LogP contribution in [0.3, 0.4) is 0 Å². The van der Waals surface area contributed by atoms with Gasteiger partial charge >= 0.3 is 0 Å². The summed E-state index contributed by atoms with van der Waals surface area (Å²) in [4.78, 5) is 23.5. The Kier molecular flexibility index (Phi) is 4.11. The van der Waals surface area contributed by atoms with Crippen LogP contribution in [0, 0.1) is 0 Å². The van der Waals surface area contributed by atoms with Crippen molar-refractivity contribution in [3.05, 3.63) is 35.4 Å². The first-order valence-corrected chi connectivity index (χ1v) is 6.44. The summed E-state index contributed by atoms with van der Waals surface area (Å²) in [6.07, 6.45) is 2.05. The fourth-order valence-corrected chi connectivity index (χ4v) is 1.71. The molecule has 2 amide bonds. The fraction of sp³-hybridized carbons (Fsp3) is 0.308. The first kappa shape index (κ1) is 13.5. The topological polar surface area (TPSA) is 84.2 Å². The van der Waals surface area contributed by atoms with E-state index in [0.29, 0.717) is 17.2 Å². The lowest BCUT2D eigenvalue weighted by Crippen LogP contribution is -2.37. The van der Waals surface area contributed by atoms with Crippen molar-refractivity contribution >= 4 is 29.0 Å². The van der Waals surface area contributed by atoms with Crippen molar-refractivity contribution in [2.75, 3.05) is 6.54 Å². The molecule has 0 atom stereocenters. The summed E-state index contributed by atoms with van der Waals surface area (Å²) < 4.78 is 0. The molecule has 6 heteroatoms. The predicted molar refractivity (Wildman–Crippen MR) is 75.8 cm³/mol. The molecular formula is C13H15N3O2S. The van der Waals surface area contributed by atoms with E-state index in [1.165, 1.54) is 0 Å². The van der Waals surface area contributed by atoms with E-state index in [9.17, 15) is 9.59 Å². The zero-order valence-electron chi connectivity index (χ0n) is 10.3. The Balaban J connectivity index is 1.89. The summed E-state index contributed by atoms with van der Waals surface area (Å²) >= 11 is 4.85. The normalized spacial score (nSPS) is 13.7. The van der Waals surface area contributed by atoms with Crippen LogP contribution in [-0.2, 0) is 4.79 Å². The van der Waals surface area contributed by atoms with Gasteiger partial charge in [-0.3, -0.25) is 9.59 Å². The molecule has 0 saturated heterocycles. The van der Waals surface area contributed by atoms with E-state index in [1.54, 1.807) is 24.3 Å². The molecule has 0 heterocycles. The fourth-order valence-electron chi connectivity index (χ4n) is 1.58. The molecule has 1 aromatic carbocycles. The molecular weight excluding hydrogens is 262 g/mol. The molecule has 100 valence electrons. The number of amides is 2. The van der Waals surface area contributed by atoms with E-state index in [-0.39, 0.29) is 23.3 Å². The summed E-state index contributed by atoms with van der Waals surface area (Å²) in [5, 5.41) is 5.36. The molecule has 1 aliphatic carbocycles. The van der Waals surface area contributed by atoms with Gasteiger partial charge in [-0.25, -0.2) is 0 Å². The highest BCUT2D eigenvalue weighted by atomic mass is 32.1. The molecule has 0 aromatic heterocycles. The number of thiocarbonyl (C=S) groups is 1. The second kappa shape index (κ2) is 5.79. The minimum absolute atomic E-state index is 0.0212. The summed E-state index contributed by atoms with van der Waals surface area (Å²) in [7, 11) is 0. The maximum Gasteiger partial charge on any atom is 0.251 e. The summed E-state index contributed by atoms with van der Waals surface area (Å²) in [5.41, 5.74) is 6.57. The highest BCUT2D eigenvalue weighted by Gasteiger charge is 2.23. The summed E-state index contributed by atoms with van der Waals surface area (Å²) in [6.45, 7) is -0.0212. The third-order valence-electron chi connectivity index (χ3n) is 2.76. The molecule has 1 saturated carbocycles. The second-order valence-electron chi connectivity index (χ2n) is 4.47. The van der Waals surface area contributed by atoms with Crippen LogP contribution < -0.4 is 16.4 Å². The number of hydrogen-bond donors (Lipinski definition) is 3. The maximum absolute atomic E-state index is 11.9. The molecule has 1 fully saturated rings. The maximum atomic E-state index is 11.9. The SMILES string of the molecule is NC(=S)c1cccc(C(=O)NCC(=O)NC2CC2)c1. The van der Waals surface area contributed by atoms with Crippen molar-refractivity contribution in [3.8, 4) is 0 Å². The molecule has 0 spiro atoms. The van der Waals surface area contributed by atoms with E-state index in [1.807, 2.05) is 0 Å². The van der Waals surface area contributed by atoms with Crippen LogP contribution in [0.15, 0.2) is 24.3 Å². The van der Waals surface area contributed by atoms with E-state index in [2.05, 4.69) is 10.6 Å². The lowest BCUT2D eigenvalue weighted by atomic mass is 10.1. The summed E-state index contributed by atoms with van der Waals surface area (Å²) in [6, 6.07) is 6.99.